The maximum Gasteiger partial charge on any atom is 0.317 e. The third kappa shape index (κ3) is 2.71. The van der Waals surface area contributed by atoms with Crippen LogP contribution >= 0.6 is 0 Å². The third-order valence-corrected chi connectivity index (χ3v) is 2.71. The zero-order valence-corrected chi connectivity index (χ0v) is 10.0. The number of rotatable bonds is 3. The van der Waals surface area contributed by atoms with Crippen LogP contribution in [0.4, 0.5) is 0 Å². The maximum absolute atomic E-state index is 11.4. The first-order valence-electron chi connectivity index (χ1n) is 5.46. The summed E-state index contributed by atoms with van der Waals surface area (Å²) in [6.07, 6.45) is 5.43. The van der Waals surface area contributed by atoms with Crippen molar-refractivity contribution >= 4 is 5.97 Å². The lowest BCUT2D eigenvalue weighted by atomic mass is 9.74. The molecule has 0 spiro atoms. The first kappa shape index (κ1) is 12.0. The van der Waals surface area contributed by atoms with Crippen molar-refractivity contribution in [2.75, 3.05) is 0 Å². The fourth-order valence-corrected chi connectivity index (χ4v) is 2.47. The van der Waals surface area contributed by atoms with Crippen LogP contribution in [0.2, 0.25) is 0 Å². The highest BCUT2D eigenvalue weighted by Crippen LogP contribution is 2.37. The summed E-state index contributed by atoms with van der Waals surface area (Å²) in [5, 5.41) is 9.38. The van der Waals surface area contributed by atoms with Crippen molar-refractivity contribution in [3.63, 3.8) is 0 Å². The largest absolute Gasteiger partial charge is 0.480 e. The quantitative estimate of drug-likeness (QED) is 0.722. The second-order valence-electron chi connectivity index (χ2n) is 5.10. The van der Waals surface area contributed by atoms with E-state index in [0.29, 0.717) is 12.3 Å². The molecule has 0 aliphatic heterocycles. The molecule has 84 valence electrons. The molecule has 0 aromatic rings. The lowest BCUT2D eigenvalue weighted by molar-refractivity contribution is -0.144. The van der Waals surface area contributed by atoms with Gasteiger partial charge >= 0.3 is 5.97 Å². The summed E-state index contributed by atoms with van der Waals surface area (Å²) in [6, 6.07) is 0. The summed E-state index contributed by atoms with van der Waals surface area (Å²) in [5.41, 5.74) is 1.57. The maximum atomic E-state index is 11.4. The molecule has 0 aromatic carbocycles. The molecule has 1 N–H and O–H groups in total. The zero-order chi connectivity index (χ0) is 11.6. The van der Waals surface area contributed by atoms with Crippen LogP contribution in [-0.2, 0) is 4.79 Å². The minimum atomic E-state index is -0.763. The Labute approximate surface area is 91.7 Å². The highest BCUT2D eigenvalue weighted by Gasteiger charge is 2.36. The van der Waals surface area contributed by atoms with Gasteiger partial charge in [0.1, 0.15) is 5.41 Å². The van der Waals surface area contributed by atoms with E-state index in [4.69, 9.17) is 0 Å². The fraction of sp³-hybridized carbons (Fsp3) is 0.615. The van der Waals surface area contributed by atoms with Crippen molar-refractivity contribution in [3.8, 4) is 0 Å². The number of carboxylic acids is 1. The Morgan fingerprint density at radius 1 is 1.40 bits per heavy atom. The average molecular weight is 208 g/mol. The Morgan fingerprint density at radius 3 is 2.20 bits per heavy atom. The molecular weight excluding hydrogens is 188 g/mol. The minimum Gasteiger partial charge on any atom is -0.480 e. The highest BCUT2D eigenvalue weighted by molar-refractivity contribution is 5.80. The molecule has 0 aromatic heterocycles. The summed E-state index contributed by atoms with van der Waals surface area (Å²) in [4.78, 5) is 11.4. The summed E-state index contributed by atoms with van der Waals surface area (Å²) in [6.45, 7) is 8.14. The number of aliphatic carboxylic acids is 1. The van der Waals surface area contributed by atoms with E-state index in [0.717, 1.165) is 17.6 Å². The van der Waals surface area contributed by atoms with Gasteiger partial charge in [-0.1, -0.05) is 37.1 Å². The summed E-state index contributed by atoms with van der Waals surface area (Å²) < 4.78 is 0. The Bertz CT molecular complexity index is 303. The first-order chi connectivity index (χ1) is 6.85. The second kappa shape index (κ2) is 4.21. The molecule has 0 radical (unpaired) electrons. The molecule has 0 bridgehead atoms. The molecule has 15 heavy (non-hydrogen) atoms. The normalized spacial score (nSPS) is 19.8. The molecule has 0 atom stereocenters. The average Bonchev–Trinajstić information content (AvgIpc) is 1.99. The molecule has 2 nitrogen and oxygen atoms in total. The van der Waals surface area contributed by atoms with E-state index >= 15 is 0 Å². The van der Waals surface area contributed by atoms with Gasteiger partial charge in [-0.15, -0.1) is 0 Å². The molecule has 0 saturated carbocycles. The van der Waals surface area contributed by atoms with Crippen molar-refractivity contribution in [3.05, 3.63) is 23.3 Å². The Morgan fingerprint density at radius 2 is 1.87 bits per heavy atom. The molecular formula is C13H20O2. The van der Waals surface area contributed by atoms with Gasteiger partial charge in [0.05, 0.1) is 0 Å². The number of carbonyl (C=O) groups is 1. The van der Waals surface area contributed by atoms with Crippen LogP contribution in [0.1, 0.15) is 40.5 Å². The van der Waals surface area contributed by atoms with Crippen LogP contribution in [0.15, 0.2) is 23.3 Å². The molecule has 0 amide bonds. The Balaban J connectivity index is 3.10. The van der Waals surface area contributed by atoms with Gasteiger partial charge in [-0.25, -0.2) is 0 Å². The molecule has 0 unspecified atom stereocenters. The molecule has 0 heterocycles. The third-order valence-electron chi connectivity index (χ3n) is 2.71. The molecule has 2 heteroatoms. The van der Waals surface area contributed by atoms with Crippen molar-refractivity contribution in [1.29, 1.82) is 0 Å². The van der Waals surface area contributed by atoms with Crippen molar-refractivity contribution in [2.24, 2.45) is 11.3 Å². The smallest absolute Gasteiger partial charge is 0.317 e. The highest BCUT2D eigenvalue weighted by atomic mass is 16.4. The standard InChI is InChI=1S/C13H20O2/c1-9(2)6-13(12(14)15)7-10(3)5-11(4)8-13/h7-9H,5-6H2,1-4H3,(H,14,15). The van der Waals surface area contributed by atoms with E-state index in [1.165, 1.54) is 0 Å². The van der Waals surface area contributed by atoms with Gasteiger partial charge in [0, 0.05) is 0 Å². The lowest BCUT2D eigenvalue weighted by Crippen LogP contribution is -2.30. The number of hydrogen-bond donors (Lipinski definition) is 1. The summed E-state index contributed by atoms with van der Waals surface area (Å²) >= 11 is 0. The lowest BCUT2D eigenvalue weighted by Gasteiger charge is -2.29. The molecule has 1 aliphatic rings. The zero-order valence-electron chi connectivity index (χ0n) is 10.0. The number of hydrogen-bond acceptors (Lipinski definition) is 1. The van der Waals surface area contributed by atoms with Crippen LogP contribution in [0.5, 0.6) is 0 Å². The monoisotopic (exact) mass is 208 g/mol. The van der Waals surface area contributed by atoms with Gasteiger partial charge in [-0.05, 0) is 32.6 Å². The van der Waals surface area contributed by atoms with Gasteiger partial charge in [0.25, 0.3) is 0 Å². The molecule has 0 fully saturated rings. The van der Waals surface area contributed by atoms with Crippen LogP contribution in [0.3, 0.4) is 0 Å². The number of allylic oxidation sites excluding steroid dienone is 2. The van der Waals surface area contributed by atoms with Crippen molar-refractivity contribution in [1.82, 2.24) is 0 Å². The van der Waals surface area contributed by atoms with Gasteiger partial charge in [0.15, 0.2) is 0 Å². The van der Waals surface area contributed by atoms with E-state index in [9.17, 15) is 9.90 Å². The Hall–Kier alpha value is -1.05. The first-order valence-corrected chi connectivity index (χ1v) is 5.46. The van der Waals surface area contributed by atoms with Crippen LogP contribution in [-0.4, -0.2) is 11.1 Å². The van der Waals surface area contributed by atoms with Crippen LogP contribution < -0.4 is 0 Å². The van der Waals surface area contributed by atoms with Crippen molar-refractivity contribution < 1.29 is 9.90 Å². The van der Waals surface area contributed by atoms with Gasteiger partial charge in [-0.3, -0.25) is 4.79 Å². The SMILES string of the molecule is CC1=CC(CC(C)C)(C(=O)O)C=C(C)C1. The van der Waals surface area contributed by atoms with E-state index < -0.39 is 11.4 Å². The summed E-state index contributed by atoms with van der Waals surface area (Å²) in [7, 11) is 0. The van der Waals surface area contributed by atoms with Crippen molar-refractivity contribution in [2.45, 2.75) is 40.5 Å². The van der Waals surface area contributed by atoms with E-state index in [1.54, 1.807) is 0 Å². The van der Waals surface area contributed by atoms with E-state index in [2.05, 4.69) is 13.8 Å². The fourth-order valence-electron chi connectivity index (χ4n) is 2.47. The molecule has 1 rings (SSSR count). The Kier molecular flexibility index (Phi) is 3.38. The van der Waals surface area contributed by atoms with Gasteiger partial charge in [0.2, 0.25) is 0 Å². The molecule has 1 aliphatic carbocycles. The topological polar surface area (TPSA) is 37.3 Å². The van der Waals surface area contributed by atoms with Gasteiger partial charge in [-0.2, -0.15) is 0 Å². The van der Waals surface area contributed by atoms with E-state index in [-0.39, 0.29) is 0 Å². The van der Waals surface area contributed by atoms with Crippen LogP contribution in [0, 0.1) is 11.3 Å². The molecule has 0 saturated heterocycles. The predicted octanol–water partition coefficient (Wildman–Crippen LogP) is 3.40. The minimum absolute atomic E-state index is 0.382. The van der Waals surface area contributed by atoms with Crippen LogP contribution in [0.25, 0.3) is 0 Å². The number of carboxylic acid groups (broad SMARTS) is 1. The van der Waals surface area contributed by atoms with Gasteiger partial charge < -0.3 is 5.11 Å². The predicted molar refractivity (Wildman–Crippen MR) is 61.7 cm³/mol. The van der Waals surface area contributed by atoms with E-state index in [1.807, 2.05) is 26.0 Å². The summed E-state index contributed by atoms with van der Waals surface area (Å²) in [5.74, 6) is -0.345. The second-order valence-corrected chi connectivity index (χ2v) is 5.10.